The van der Waals surface area contributed by atoms with Crippen LogP contribution in [0, 0.1) is 6.92 Å². The number of benzene rings is 1. The number of rotatable bonds is 7. The number of hydrogen-bond acceptors (Lipinski definition) is 3. The summed E-state index contributed by atoms with van der Waals surface area (Å²) in [4.78, 5) is 11.6. The van der Waals surface area contributed by atoms with Gasteiger partial charge >= 0.3 is 0 Å². The molecule has 0 unspecified atom stereocenters. The molecule has 0 aliphatic heterocycles. The van der Waals surface area contributed by atoms with Crippen molar-refractivity contribution < 1.29 is 14.3 Å². The van der Waals surface area contributed by atoms with Gasteiger partial charge in [-0.25, -0.2) is 0 Å². The van der Waals surface area contributed by atoms with E-state index in [1.165, 1.54) is 5.56 Å². The van der Waals surface area contributed by atoms with Gasteiger partial charge < -0.3 is 14.8 Å². The molecule has 18 heavy (non-hydrogen) atoms. The van der Waals surface area contributed by atoms with Crippen molar-refractivity contribution in [1.29, 1.82) is 0 Å². The zero-order chi connectivity index (χ0) is 13.4. The zero-order valence-corrected chi connectivity index (χ0v) is 11.2. The maximum atomic E-state index is 11.6. The lowest BCUT2D eigenvalue weighted by Gasteiger charge is -2.15. The third-order valence-electron chi connectivity index (χ3n) is 2.58. The fourth-order valence-electron chi connectivity index (χ4n) is 1.61. The molecular weight excluding hydrogens is 230 g/mol. The number of methoxy groups -OCH3 is 1. The van der Waals surface area contributed by atoms with Crippen LogP contribution < -0.4 is 5.32 Å². The highest BCUT2D eigenvalue weighted by atomic mass is 16.5. The van der Waals surface area contributed by atoms with E-state index in [0.717, 1.165) is 5.56 Å². The summed E-state index contributed by atoms with van der Waals surface area (Å²) in [6, 6.07) is 8.08. The Morgan fingerprint density at radius 2 is 2.17 bits per heavy atom. The van der Waals surface area contributed by atoms with Crippen LogP contribution in [0.3, 0.4) is 0 Å². The molecule has 0 aliphatic carbocycles. The minimum atomic E-state index is -0.111. The van der Waals surface area contributed by atoms with Crippen molar-refractivity contribution in [3.63, 3.8) is 0 Å². The van der Waals surface area contributed by atoms with Crippen LogP contribution in [0.25, 0.3) is 0 Å². The number of amides is 1. The van der Waals surface area contributed by atoms with Gasteiger partial charge in [0.1, 0.15) is 6.61 Å². The van der Waals surface area contributed by atoms with E-state index in [4.69, 9.17) is 9.47 Å². The number of carbonyl (C=O) groups excluding carboxylic acids is 1. The molecular formula is C14H21NO3. The highest BCUT2D eigenvalue weighted by Gasteiger charge is 2.09. The predicted molar refractivity (Wildman–Crippen MR) is 70.4 cm³/mol. The molecule has 0 aliphatic rings. The second-order valence-corrected chi connectivity index (χ2v) is 4.25. The fraction of sp³-hybridized carbons (Fsp3) is 0.500. The quantitative estimate of drug-likeness (QED) is 0.752. The largest absolute Gasteiger partial charge is 0.382 e. The van der Waals surface area contributed by atoms with Crippen LogP contribution >= 0.6 is 0 Å². The van der Waals surface area contributed by atoms with Gasteiger partial charge in [-0.05, 0) is 19.4 Å². The van der Waals surface area contributed by atoms with Gasteiger partial charge in [0.2, 0.25) is 5.91 Å². The molecule has 1 atom stereocenters. The summed E-state index contributed by atoms with van der Waals surface area (Å²) in [5.74, 6) is -0.111. The molecule has 1 aromatic carbocycles. The van der Waals surface area contributed by atoms with E-state index < -0.39 is 0 Å². The number of nitrogens with one attached hydrogen (secondary N) is 1. The summed E-state index contributed by atoms with van der Waals surface area (Å²) in [6.45, 7) is 5.00. The first-order valence-corrected chi connectivity index (χ1v) is 6.06. The first-order chi connectivity index (χ1) is 8.63. The maximum Gasteiger partial charge on any atom is 0.246 e. The molecule has 0 saturated carbocycles. The Morgan fingerprint density at radius 1 is 1.39 bits per heavy atom. The number of hydrogen-bond donors (Lipinski definition) is 1. The van der Waals surface area contributed by atoms with E-state index in [1.54, 1.807) is 7.11 Å². The van der Waals surface area contributed by atoms with E-state index in [2.05, 4.69) is 11.4 Å². The lowest BCUT2D eigenvalue weighted by Crippen LogP contribution is -2.30. The minimum Gasteiger partial charge on any atom is -0.382 e. The molecule has 0 bridgehead atoms. The number of aryl methyl sites for hydroxylation is 1. The minimum absolute atomic E-state index is 0.0107. The number of ether oxygens (including phenoxy) is 2. The van der Waals surface area contributed by atoms with Crippen molar-refractivity contribution in [3.8, 4) is 0 Å². The number of carbonyl (C=O) groups is 1. The molecule has 0 radical (unpaired) electrons. The van der Waals surface area contributed by atoms with Crippen molar-refractivity contribution in [3.05, 3.63) is 35.4 Å². The molecule has 0 aromatic heterocycles. The molecule has 0 saturated heterocycles. The predicted octanol–water partition coefficient (Wildman–Crippen LogP) is 1.84. The lowest BCUT2D eigenvalue weighted by atomic mass is 10.1. The Morgan fingerprint density at radius 3 is 2.83 bits per heavy atom. The summed E-state index contributed by atoms with van der Waals surface area (Å²) in [5, 5.41) is 2.90. The molecule has 100 valence electrons. The highest BCUT2D eigenvalue weighted by molar-refractivity contribution is 5.77. The molecule has 0 heterocycles. The third-order valence-corrected chi connectivity index (χ3v) is 2.58. The molecule has 1 aromatic rings. The Kier molecular flexibility index (Phi) is 6.39. The van der Waals surface area contributed by atoms with Crippen molar-refractivity contribution in [2.45, 2.75) is 19.9 Å². The molecule has 4 heteroatoms. The van der Waals surface area contributed by atoms with Crippen LogP contribution in [0.1, 0.15) is 24.1 Å². The second-order valence-electron chi connectivity index (χ2n) is 4.25. The van der Waals surface area contributed by atoms with Crippen molar-refractivity contribution in [1.82, 2.24) is 5.32 Å². The van der Waals surface area contributed by atoms with E-state index in [-0.39, 0.29) is 18.6 Å². The van der Waals surface area contributed by atoms with Crippen molar-refractivity contribution >= 4 is 5.91 Å². The SMILES string of the molecule is COCCOCC(=O)N[C@H](C)c1cccc(C)c1. The summed E-state index contributed by atoms with van der Waals surface area (Å²) in [7, 11) is 1.60. The van der Waals surface area contributed by atoms with Crippen molar-refractivity contribution in [2.75, 3.05) is 26.9 Å². The normalized spacial score (nSPS) is 12.2. The van der Waals surface area contributed by atoms with Crippen molar-refractivity contribution in [2.24, 2.45) is 0 Å². The van der Waals surface area contributed by atoms with Gasteiger partial charge in [-0.15, -0.1) is 0 Å². The molecule has 1 amide bonds. The van der Waals surface area contributed by atoms with Gasteiger partial charge in [-0.1, -0.05) is 29.8 Å². The molecule has 4 nitrogen and oxygen atoms in total. The van der Waals surface area contributed by atoms with Crippen LogP contribution in [0.5, 0.6) is 0 Å². The molecule has 0 spiro atoms. The summed E-state index contributed by atoms with van der Waals surface area (Å²) >= 11 is 0. The van der Waals surface area contributed by atoms with Gasteiger partial charge in [0.05, 0.1) is 19.3 Å². The Hall–Kier alpha value is -1.39. The average Bonchev–Trinajstić information content (AvgIpc) is 2.34. The van der Waals surface area contributed by atoms with Gasteiger partial charge in [0.15, 0.2) is 0 Å². The first-order valence-electron chi connectivity index (χ1n) is 6.06. The summed E-state index contributed by atoms with van der Waals surface area (Å²) < 4.78 is 9.99. The smallest absolute Gasteiger partial charge is 0.246 e. The lowest BCUT2D eigenvalue weighted by molar-refractivity contribution is -0.126. The second kappa shape index (κ2) is 7.84. The zero-order valence-electron chi connectivity index (χ0n) is 11.2. The van der Waals surface area contributed by atoms with Crippen LogP contribution in [0.4, 0.5) is 0 Å². The van der Waals surface area contributed by atoms with Gasteiger partial charge in [-0.3, -0.25) is 4.79 Å². The maximum absolute atomic E-state index is 11.6. The Labute approximate surface area is 108 Å². The van der Waals surface area contributed by atoms with E-state index in [0.29, 0.717) is 13.2 Å². The first kappa shape index (κ1) is 14.7. The van der Waals surface area contributed by atoms with E-state index in [9.17, 15) is 4.79 Å². The van der Waals surface area contributed by atoms with Crippen LogP contribution in [0.15, 0.2) is 24.3 Å². The topological polar surface area (TPSA) is 47.6 Å². The Balaban J connectivity index is 2.35. The molecule has 1 rings (SSSR count). The highest BCUT2D eigenvalue weighted by Crippen LogP contribution is 2.13. The standard InChI is InChI=1S/C14H21NO3/c1-11-5-4-6-13(9-11)12(2)15-14(16)10-18-8-7-17-3/h4-6,9,12H,7-8,10H2,1-3H3,(H,15,16)/t12-/m1/s1. The summed E-state index contributed by atoms with van der Waals surface area (Å²) in [5.41, 5.74) is 2.28. The summed E-state index contributed by atoms with van der Waals surface area (Å²) in [6.07, 6.45) is 0. The monoisotopic (exact) mass is 251 g/mol. The Bertz CT molecular complexity index is 379. The fourth-order valence-corrected chi connectivity index (χ4v) is 1.61. The molecule has 1 N–H and O–H groups in total. The van der Waals surface area contributed by atoms with Gasteiger partial charge in [0, 0.05) is 7.11 Å². The van der Waals surface area contributed by atoms with E-state index >= 15 is 0 Å². The molecule has 0 fully saturated rings. The third kappa shape index (κ3) is 5.29. The van der Waals surface area contributed by atoms with Gasteiger partial charge in [-0.2, -0.15) is 0 Å². The van der Waals surface area contributed by atoms with Crippen LogP contribution in [0.2, 0.25) is 0 Å². The van der Waals surface area contributed by atoms with Crippen LogP contribution in [-0.2, 0) is 14.3 Å². The van der Waals surface area contributed by atoms with Gasteiger partial charge in [0.25, 0.3) is 0 Å². The van der Waals surface area contributed by atoms with E-state index in [1.807, 2.05) is 32.0 Å². The van der Waals surface area contributed by atoms with Crippen LogP contribution in [-0.4, -0.2) is 32.8 Å². The average molecular weight is 251 g/mol.